The fourth-order valence-corrected chi connectivity index (χ4v) is 2.82. The van der Waals surface area contributed by atoms with Crippen LogP contribution in [0.15, 0.2) is 24.3 Å². The zero-order valence-electron chi connectivity index (χ0n) is 10.6. The molecule has 0 aliphatic rings. The van der Waals surface area contributed by atoms with Gasteiger partial charge in [0.25, 0.3) is 0 Å². The van der Waals surface area contributed by atoms with E-state index in [0.29, 0.717) is 19.0 Å². The predicted molar refractivity (Wildman–Crippen MR) is 73.1 cm³/mol. The molecule has 0 radical (unpaired) electrons. The molecule has 0 aliphatic carbocycles. The van der Waals surface area contributed by atoms with Crippen molar-refractivity contribution in [2.24, 2.45) is 0 Å². The van der Waals surface area contributed by atoms with Crippen LogP contribution < -0.4 is 0 Å². The molecule has 0 heterocycles. The van der Waals surface area contributed by atoms with Gasteiger partial charge in [0, 0.05) is 26.6 Å². The van der Waals surface area contributed by atoms with Gasteiger partial charge >= 0.3 is 0 Å². The van der Waals surface area contributed by atoms with Crippen LogP contribution in [0.4, 0.5) is 0 Å². The van der Waals surface area contributed by atoms with Crippen molar-refractivity contribution in [2.45, 2.75) is 11.6 Å². The van der Waals surface area contributed by atoms with Gasteiger partial charge < -0.3 is 4.74 Å². The van der Waals surface area contributed by atoms with Crippen LogP contribution in [0.1, 0.15) is 11.1 Å². The van der Waals surface area contributed by atoms with Crippen LogP contribution >= 0.6 is 11.6 Å². The molecule has 0 unspecified atom stereocenters. The quantitative estimate of drug-likeness (QED) is 0.720. The van der Waals surface area contributed by atoms with E-state index in [1.54, 1.807) is 20.2 Å². The molecule has 0 bridgehead atoms. The first-order valence-corrected chi connectivity index (χ1v) is 7.70. The summed E-state index contributed by atoms with van der Waals surface area (Å²) in [6, 6.07) is 7.29. The zero-order valence-corrected chi connectivity index (χ0v) is 12.2. The van der Waals surface area contributed by atoms with Gasteiger partial charge in [-0.05, 0) is 11.1 Å². The summed E-state index contributed by atoms with van der Waals surface area (Å²) in [5, 5.41) is 0. The van der Waals surface area contributed by atoms with Gasteiger partial charge in [-0.3, -0.25) is 0 Å². The van der Waals surface area contributed by atoms with Crippen LogP contribution in [0.25, 0.3) is 0 Å². The van der Waals surface area contributed by atoms with Gasteiger partial charge in [0.05, 0.1) is 12.4 Å². The maximum Gasteiger partial charge on any atom is 0.218 e. The highest BCUT2D eigenvalue weighted by Gasteiger charge is 2.18. The number of hydrogen-bond donors (Lipinski definition) is 0. The first kappa shape index (κ1) is 15.4. The highest BCUT2D eigenvalue weighted by molar-refractivity contribution is 7.88. The summed E-state index contributed by atoms with van der Waals surface area (Å²) in [5.74, 6) is 0.366. The molecule has 0 N–H and O–H groups in total. The number of hydrogen-bond acceptors (Lipinski definition) is 3. The molecule has 0 atom stereocenters. The summed E-state index contributed by atoms with van der Waals surface area (Å²) in [7, 11) is -0.199. The number of alkyl halides is 1. The lowest BCUT2D eigenvalue weighted by molar-refractivity contribution is 0.185. The van der Waals surface area contributed by atoms with Crippen molar-refractivity contribution < 1.29 is 13.2 Å². The summed E-state index contributed by atoms with van der Waals surface area (Å²) in [5.41, 5.74) is 1.67. The van der Waals surface area contributed by atoms with Gasteiger partial charge in [0.15, 0.2) is 0 Å². The molecule has 0 fully saturated rings. The monoisotopic (exact) mass is 291 g/mol. The molecule has 0 aromatic heterocycles. The smallest absolute Gasteiger partial charge is 0.218 e. The number of ether oxygens (including phenoxy) is 1. The van der Waals surface area contributed by atoms with Crippen LogP contribution in [0, 0.1) is 0 Å². The Morgan fingerprint density at radius 2 is 2.00 bits per heavy atom. The largest absolute Gasteiger partial charge is 0.383 e. The Hall–Kier alpha value is -0.620. The second-order valence-electron chi connectivity index (χ2n) is 4.02. The Morgan fingerprint density at radius 3 is 2.61 bits per heavy atom. The Balaban J connectivity index is 2.75. The fraction of sp³-hybridized carbons (Fsp3) is 0.500. The van der Waals surface area contributed by atoms with E-state index in [2.05, 4.69) is 0 Å². The van der Waals surface area contributed by atoms with Crippen molar-refractivity contribution in [2.75, 3.05) is 27.3 Å². The van der Waals surface area contributed by atoms with Crippen LogP contribution in [-0.4, -0.2) is 40.0 Å². The zero-order chi connectivity index (χ0) is 13.6. The molecule has 0 spiro atoms. The number of halogens is 1. The number of sulfonamides is 1. The number of methoxy groups -OCH3 is 1. The minimum atomic E-state index is -3.30. The van der Waals surface area contributed by atoms with Gasteiger partial charge in [-0.1, -0.05) is 24.3 Å². The molecule has 0 aliphatic heterocycles. The summed E-state index contributed by atoms with van der Waals surface area (Å²) >= 11 is 5.72. The third kappa shape index (κ3) is 4.57. The first-order chi connectivity index (χ1) is 8.49. The minimum absolute atomic E-state index is 0.0159. The second kappa shape index (κ2) is 7.09. The number of likely N-dealkylation sites (N-methyl/N-ethyl adjacent to an activating group) is 1. The SMILES string of the molecule is COCCN(C)S(=O)(=O)Cc1cccc(CCl)c1. The van der Waals surface area contributed by atoms with E-state index in [4.69, 9.17) is 16.3 Å². The van der Waals surface area contributed by atoms with Crippen molar-refractivity contribution in [1.29, 1.82) is 0 Å². The average Bonchev–Trinajstić information content (AvgIpc) is 2.35. The van der Waals surface area contributed by atoms with E-state index in [0.717, 1.165) is 11.1 Å². The van der Waals surface area contributed by atoms with Crippen LogP contribution in [0.3, 0.4) is 0 Å². The summed E-state index contributed by atoms with van der Waals surface area (Å²) in [6.45, 7) is 0.742. The predicted octanol–water partition coefficient (Wildman–Crippen LogP) is 1.83. The minimum Gasteiger partial charge on any atom is -0.383 e. The lowest BCUT2D eigenvalue weighted by Gasteiger charge is -2.16. The topological polar surface area (TPSA) is 46.6 Å². The first-order valence-electron chi connectivity index (χ1n) is 5.56. The lowest BCUT2D eigenvalue weighted by Crippen LogP contribution is -2.31. The maximum atomic E-state index is 12.0. The van der Waals surface area contributed by atoms with Crippen LogP contribution in [0.2, 0.25) is 0 Å². The normalized spacial score (nSPS) is 12.0. The fourth-order valence-electron chi connectivity index (χ4n) is 1.48. The van der Waals surface area contributed by atoms with Gasteiger partial charge in [0.2, 0.25) is 10.0 Å². The molecule has 6 heteroatoms. The summed E-state index contributed by atoms with van der Waals surface area (Å²) in [6.07, 6.45) is 0. The molecule has 102 valence electrons. The van der Waals surface area contributed by atoms with Gasteiger partial charge in [0.1, 0.15) is 0 Å². The molecule has 1 aromatic carbocycles. The van der Waals surface area contributed by atoms with E-state index < -0.39 is 10.0 Å². The van der Waals surface area contributed by atoms with Gasteiger partial charge in [-0.2, -0.15) is 0 Å². The molecule has 1 rings (SSSR count). The highest BCUT2D eigenvalue weighted by atomic mass is 35.5. The Bertz CT molecular complexity index is 476. The third-order valence-electron chi connectivity index (χ3n) is 2.58. The molecular weight excluding hydrogens is 274 g/mol. The molecule has 0 saturated heterocycles. The van der Waals surface area contributed by atoms with Crippen LogP contribution in [-0.2, 0) is 26.4 Å². The Labute approximate surface area is 114 Å². The van der Waals surface area contributed by atoms with E-state index >= 15 is 0 Å². The number of nitrogens with zero attached hydrogens (tertiary/aromatic N) is 1. The van der Waals surface area contributed by atoms with E-state index in [1.807, 2.05) is 18.2 Å². The molecule has 0 saturated carbocycles. The van der Waals surface area contributed by atoms with Crippen molar-refractivity contribution in [3.8, 4) is 0 Å². The molecule has 1 aromatic rings. The summed E-state index contributed by atoms with van der Waals surface area (Å²) in [4.78, 5) is 0. The van der Waals surface area contributed by atoms with Crippen molar-refractivity contribution in [3.63, 3.8) is 0 Å². The number of rotatable bonds is 7. The van der Waals surface area contributed by atoms with Crippen molar-refractivity contribution in [1.82, 2.24) is 4.31 Å². The van der Waals surface area contributed by atoms with Crippen molar-refractivity contribution >= 4 is 21.6 Å². The molecular formula is C12H18ClNO3S. The van der Waals surface area contributed by atoms with Crippen LogP contribution in [0.5, 0.6) is 0 Å². The van der Waals surface area contributed by atoms with Gasteiger partial charge in [-0.25, -0.2) is 12.7 Å². The molecule has 0 amide bonds. The molecule has 18 heavy (non-hydrogen) atoms. The second-order valence-corrected chi connectivity index (χ2v) is 6.37. The maximum absolute atomic E-state index is 12.0. The Kier molecular flexibility index (Phi) is 6.08. The Morgan fingerprint density at radius 1 is 1.33 bits per heavy atom. The lowest BCUT2D eigenvalue weighted by atomic mass is 10.2. The van der Waals surface area contributed by atoms with E-state index in [-0.39, 0.29) is 5.75 Å². The average molecular weight is 292 g/mol. The number of benzene rings is 1. The highest BCUT2D eigenvalue weighted by Crippen LogP contribution is 2.13. The molecule has 4 nitrogen and oxygen atoms in total. The van der Waals surface area contributed by atoms with Crippen molar-refractivity contribution in [3.05, 3.63) is 35.4 Å². The summed E-state index contributed by atoms with van der Waals surface area (Å²) < 4.78 is 30.3. The van der Waals surface area contributed by atoms with E-state index in [1.165, 1.54) is 4.31 Å². The van der Waals surface area contributed by atoms with Gasteiger partial charge in [-0.15, -0.1) is 11.6 Å². The van der Waals surface area contributed by atoms with E-state index in [9.17, 15) is 8.42 Å². The standard InChI is InChI=1S/C12H18ClNO3S/c1-14(6-7-17-2)18(15,16)10-12-5-3-4-11(8-12)9-13/h3-5,8H,6-7,9-10H2,1-2H3. The third-order valence-corrected chi connectivity index (χ3v) is 4.72.